The lowest BCUT2D eigenvalue weighted by atomic mass is 10.0. The van der Waals surface area contributed by atoms with Crippen molar-refractivity contribution in [2.75, 3.05) is 5.73 Å². The number of rotatable bonds is 3. The highest BCUT2D eigenvalue weighted by Crippen LogP contribution is 2.43. The highest BCUT2D eigenvalue weighted by atomic mass is 35.5. The van der Waals surface area contributed by atoms with E-state index in [9.17, 15) is 0 Å². The lowest BCUT2D eigenvalue weighted by Crippen LogP contribution is -2.05. The van der Waals surface area contributed by atoms with Gasteiger partial charge in [-0.1, -0.05) is 17.7 Å². The molecule has 3 heterocycles. The molecule has 3 aromatic heterocycles. The van der Waals surface area contributed by atoms with E-state index in [0.717, 1.165) is 46.4 Å². The minimum atomic E-state index is 0.395. The number of nitrogens with two attached hydrogens (primary N) is 1. The summed E-state index contributed by atoms with van der Waals surface area (Å²) >= 11 is 6.51. The first-order chi connectivity index (χ1) is 13.1. The van der Waals surface area contributed by atoms with E-state index in [1.165, 1.54) is 0 Å². The van der Waals surface area contributed by atoms with Gasteiger partial charge in [0.15, 0.2) is 0 Å². The molecule has 5 rings (SSSR count). The second-order valence-electron chi connectivity index (χ2n) is 6.87. The molecule has 1 saturated carbocycles. The van der Waals surface area contributed by atoms with Crippen LogP contribution in [0.5, 0.6) is 0 Å². The Bertz CT molecular complexity index is 1180. The fraction of sp³-hybridized carbons (Fsp3) is 0.200. The van der Waals surface area contributed by atoms with Gasteiger partial charge in [-0.15, -0.1) is 0 Å². The number of anilines is 1. The second-order valence-corrected chi connectivity index (χ2v) is 7.28. The third-order valence-corrected chi connectivity index (χ3v) is 5.09. The van der Waals surface area contributed by atoms with Gasteiger partial charge in [-0.2, -0.15) is 5.10 Å². The van der Waals surface area contributed by atoms with E-state index in [0.29, 0.717) is 22.5 Å². The van der Waals surface area contributed by atoms with Gasteiger partial charge in [0.2, 0.25) is 0 Å². The minimum absolute atomic E-state index is 0.395. The fourth-order valence-electron chi connectivity index (χ4n) is 3.32. The van der Waals surface area contributed by atoms with Crippen LogP contribution in [0.15, 0.2) is 42.7 Å². The lowest BCUT2D eigenvalue weighted by molar-refractivity contribution is 0.769. The fourth-order valence-corrected chi connectivity index (χ4v) is 3.60. The highest BCUT2D eigenvalue weighted by molar-refractivity contribution is 6.35. The van der Waals surface area contributed by atoms with E-state index in [4.69, 9.17) is 22.3 Å². The van der Waals surface area contributed by atoms with Crippen LogP contribution in [0.3, 0.4) is 0 Å². The van der Waals surface area contributed by atoms with Crippen molar-refractivity contribution in [3.05, 3.63) is 53.4 Å². The zero-order chi connectivity index (χ0) is 18.5. The van der Waals surface area contributed by atoms with Gasteiger partial charge in [-0.05, 0) is 37.1 Å². The van der Waals surface area contributed by atoms with Crippen LogP contribution < -0.4 is 5.73 Å². The molecule has 0 unspecified atom stereocenters. The van der Waals surface area contributed by atoms with Gasteiger partial charge in [0, 0.05) is 36.3 Å². The number of hydrogen-bond donors (Lipinski definition) is 1. The number of aryl methyl sites for hydroxylation is 1. The van der Waals surface area contributed by atoms with Crippen molar-refractivity contribution in [1.82, 2.24) is 24.7 Å². The predicted molar refractivity (Wildman–Crippen MR) is 106 cm³/mol. The molecule has 1 aliphatic carbocycles. The van der Waals surface area contributed by atoms with Crippen molar-refractivity contribution in [2.45, 2.75) is 18.8 Å². The maximum Gasteiger partial charge on any atom is 0.146 e. The summed E-state index contributed by atoms with van der Waals surface area (Å²) in [7, 11) is 1.87. The molecule has 0 amide bonds. The molecule has 1 aromatic carbocycles. The Morgan fingerprint density at radius 1 is 1.15 bits per heavy atom. The molecule has 0 radical (unpaired) electrons. The molecule has 7 heteroatoms. The summed E-state index contributed by atoms with van der Waals surface area (Å²) in [5, 5.41) is 6.04. The van der Waals surface area contributed by atoms with Gasteiger partial charge in [-0.25, -0.2) is 9.97 Å². The van der Waals surface area contributed by atoms with Crippen LogP contribution in [0, 0.1) is 0 Å². The van der Waals surface area contributed by atoms with Crippen molar-refractivity contribution in [1.29, 1.82) is 0 Å². The number of benzene rings is 1. The maximum atomic E-state index is 6.51. The topological polar surface area (TPSA) is 82.5 Å². The first kappa shape index (κ1) is 16.2. The van der Waals surface area contributed by atoms with E-state index in [1.807, 2.05) is 43.6 Å². The van der Waals surface area contributed by atoms with E-state index in [2.05, 4.69) is 15.1 Å². The minimum Gasteiger partial charge on any atom is -0.382 e. The molecular weight excluding hydrogens is 360 g/mol. The normalized spacial score (nSPS) is 14.0. The Labute approximate surface area is 161 Å². The summed E-state index contributed by atoms with van der Waals surface area (Å²) in [5.74, 6) is 0.877. The Balaban J connectivity index is 1.78. The number of nitrogens with zero attached hydrogens (tertiary/aromatic N) is 5. The molecule has 1 aliphatic rings. The molecule has 2 N–H and O–H groups in total. The smallest absolute Gasteiger partial charge is 0.146 e. The van der Waals surface area contributed by atoms with Crippen LogP contribution in [0.25, 0.3) is 33.5 Å². The molecule has 0 atom stereocenters. The molecule has 0 spiro atoms. The molecule has 0 bridgehead atoms. The van der Waals surface area contributed by atoms with Crippen molar-refractivity contribution in [3.63, 3.8) is 0 Å². The third-order valence-electron chi connectivity index (χ3n) is 4.80. The molecule has 0 saturated heterocycles. The molecule has 4 aromatic rings. The predicted octanol–water partition coefficient (Wildman–Crippen LogP) is 4.21. The quantitative estimate of drug-likeness (QED) is 0.579. The van der Waals surface area contributed by atoms with Crippen molar-refractivity contribution < 1.29 is 0 Å². The average Bonchev–Trinajstić information content (AvgIpc) is 3.42. The van der Waals surface area contributed by atoms with Crippen molar-refractivity contribution in [2.24, 2.45) is 7.05 Å². The van der Waals surface area contributed by atoms with E-state index in [1.54, 1.807) is 10.9 Å². The molecule has 27 heavy (non-hydrogen) atoms. The van der Waals surface area contributed by atoms with Gasteiger partial charge in [0.05, 0.1) is 21.9 Å². The van der Waals surface area contributed by atoms with Crippen molar-refractivity contribution in [3.8, 4) is 22.6 Å². The number of pyridine rings is 1. The van der Waals surface area contributed by atoms with Gasteiger partial charge >= 0.3 is 0 Å². The zero-order valence-electron chi connectivity index (χ0n) is 14.7. The van der Waals surface area contributed by atoms with Crippen LogP contribution >= 0.6 is 11.6 Å². The molecular formula is C20H17ClN6. The second kappa shape index (κ2) is 6.03. The lowest BCUT2D eigenvalue weighted by Gasteiger charge is -2.12. The SMILES string of the molecule is Cn1ccc(-c2nc(N)c(C3CC3)nc2-c2cc(Cl)c3ncccc3c2)n1. The monoisotopic (exact) mass is 376 g/mol. The Hall–Kier alpha value is -2.99. The standard InChI is InChI=1S/C20H17ClN6/c1-27-8-6-15(26-27)19-17(24-18(11-4-5-11)20(22)25-19)13-9-12-3-2-7-23-16(12)14(21)10-13/h2-3,6-11H,4-5H2,1H3,(H2,22,25). The van der Waals surface area contributed by atoms with E-state index >= 15 is 0 Å². The first-order valence-corrected chi connectivity index (χ1v) is 9.20. The summed E-state index contributed by atoms with van der Waals surface area (Å²) < 4.78 is 1.74. The Morgan fingerprint density at radius 3 is 2.74 bits per heavy atom. The summed E-state index contributed by atoms with van der Waals surface area (Å²) in [6, 6.07) is 9.72. The number of fused-ring (bicyclic) bond motifs is 1. The van der Waals surface area contributed by atoms with Crippen LogP contribution in [0.2, 0.25) is 5.02 Å². The summed E-state index contributed by atoms with van der Waals surface area (Å²) in [4.78, 5) is 14.0. The molecule has 134 valence electrons. The van der Waals surface area contributed by atoms with Crippen molar-refractivity contribution >= 4 is 28.3 Å². The number of hydrogen-bond acceptors (Lipinski definition) is 5. The largest absolute Gasteiger partial charge is 0.382 e. The van der Waals surface area contributed by atoms with E-state index < -0.39 is 0 Å². The zero-order valence-corrected chi connectivity index (χ0v) is 15.5. The van der Waals surface area contributed by atoms with E-state index in [-0.39, 0.29) is 0 Å². The Morgan fingerprint density at radius 2 is 2.00 bits per heavy atom. The summed E-state index contributed by atoms with van der Waals surface area (Å²) in [5.41, 5.74) is 10.9. The van der Waals surface area contributed by atoms with Gasteiger partial charge in [0.25, 0.3) is 0 Å². The number of nitrogen functional groups attached to an aromatic ring is 1. The average molecular weight is 377 g/mol. The first-order valence-electron chi connectivity index (χ1n) is 8.82. The van der Waals surface area contributed by atoms with Crippen LogP contribution in [-0.2, 0) is 7.05 Å². The van der Waals surface area contributed by atoms with Crippen LogP contribution in [0.1, 0.15) is 24.5 Å². The van der Waals surface area contributed by atoms with Gasteiger partial charge in [-0.3, -0.25) is 9.67 Å². The molecule has 6 nitrogen and oxygen atoms in total. The summed E-state index contributed by atoms with van der Waals surface area (Å²) in [6.45, 7) is 0. The summed E-state index contributed by atoms with van der Waals surface area (Å²) in [6.07, 6.45) is 5.82. The highest BCUT2D eigenvalue weighted by Gasteiger charge is 2.30. The number of halogens is 1. The van der Waals surface area contributed by atoms with Gasteiger partial charge in [0.1, 0.15) is 17.2 Å². The molecule has 1 fully saturated rings. The molecule has 0 aliphatic heterocycles. The Kier molecular flexibility index (Phi) is 3.62. The van der Waals surface area contributed by atoms with Crippen LogP contribution in [-0.4, -0.2) is 24.7 Å². The van der Waals surface area contributed by atoms with Crippen LogP contribution in [0.4, 0.5) is 5.82 Å². The number of aromatic nitrogens is 5. The maximum absolute atomic E-state index is 6.51. The third kappa shape index (κ3) is 2.82. The van der Waals surface area contributed by atoms with Gasteiger partial charge < -0.3 is 5.73 Å².